The fourth-order valence-electron chi connectivity index (χ4n) is 2.93. The Labute approximate surface area is 168 Å². The minimum Gasteiger partial charge on any atom is -0.295 e. The van der Waals surface area contributed by atoms with E-state index in [-0.39, 0.29) is 16.9 Å². The summed E-state index contributed by atoms with van der Waals surface area (Å²) in [5.41, 5.74) is 1.31. The van der Waals surface area contributed by atoms with Gasteiger partial charge in [0, 0.05) is 38.2 Å². The van der Waals surface area contributed by atoms with Crippen molar-refractivity contribution in [3.8, 4) is 0 Å². The number of carbonyl (C=O) groups excluding carboxylic acids is 2. The summed E-state index contributed by atoms with van der Waals surface area (Å²) in [7, 11) is 0. The van der Waals surface area contributed by atoms with Crippen molar-refractivity contribution in [2.75, 3.05) is 42.3 Å². The van der Waals surface area contributed by atoms with Gasteiger partial charge in [-0.15, -0.1) is 0 Å². The molecule has 3 rings (SSSR count). The van der Waals surface area contributed by atoms with E-state index in [0.717, 1.165) is 44.5 Å². The maximum absolute atomic E-state index is 12.2. The first-order valence-electron chi connectivity index (χ1n) is 9.35. The zero-order valence-corrected chi connectivity index (χ0v) is 17.0. The Morgan fingerprint density at radius 1 is 1.25 bits per heavy atom. The molecule has 1 amide bonds. The van der Waals surface area contributed by atoms with E-state index in [0.29, 0.717) is 11.6 Å². The Bertz CT molecular complexity index is 790. The molecule has 2 aromatic rings. The highest BCUT2D eigenvalue weighted by Gasteiger charge is 2.27. The molecule has 1 aliphatic rings. The molecule has 150 valence electrons. The van der Waals surface area contributed by atoms with Crippen molar-refractivity contribution in [2.24, 2.45) is 5.92 Å². The molecule has 1 aliphatic heterocycles. The van der Waals surface area contributed by atoms with E-state index in [4.69, 9.17) is 4.52 Å². The Morgan fingerprint density at radius 2 is 1.96 bits per heavy atom. The zero-order valence-electron chi connectivity index (χ0n) is 16.2. The number of hydrogen-bond donors (Lipinski definition) is 1. The lowest BCUT2D eigenvalue weighted by Crippen LogP contribution is -2.65. The lowest BCUT2D eigenvalue weighted by atomic mass is 10.2. The Balaban J connectivity index is 1.47. The smallest absolute Gasteiger partial charge is 0.295 e. The van der Waals surface area contributed by atoms with Crippen LogP contribution in [0, 0.1) is 5.92 Å². The average Bonchev–Trinajstić information content (AvgIpc) is 3.16. The van der Waals surface area contributed by atoms with E-state index in [2.05, 4.69) is 44.8 Å². The molecule has 0 aliphatic carbocycles. The van der Waals surface area contributed by atoms with Gasteiger partial charge in [-0.25, -0.2) is 0 Å². The van der Waals surface area contributed by atoms with Gasteiger partial charge >= 0.3 is 5.88 Å². The summed E-state index contributed by atoms with van der Waals surface area (Å²) in [5.74, 6) is 0.258. The number of amides is 1. The fraction of sp³-hybridized carbons (Fsp3) is 0.474. The molecule has 1 fully saturated rings. The van der Waals surface area contributed by atoms with E-state index in [1.165, 1.54) is 12.5 Å². The molecule has 0 radical (unpaired) electrons. The van der Waals surface area contributed by atoms with Gasteiger partial charge in [0.2, 0.25) is 11.2 Å². The van der Waals surface area contributed by atoms with Crippen molar-refractivity contribution in [1.82, 2.24) is 10.2 Å². The second-order valence-corrected chi connectivity index (χ2v) is 8.09. The predicted molar refractivity (Wildman–Crippen MR) is 107 cm³/mol. The lowest BCUT2D eigenvalue weighted by Gasteiger charge is -2.29. The first-order valence-corrected chi connectivity index (χ1v) is 10.3. The number of carbonyl (C=O) groups is 2. The Hall–Kier alpha value is -2.39. The molecule has 0 unspecified atom stereocenters. The van der Waals surface area contributed by atoms with Gasteiger partial charge in [-0.2, -0.15) is 5.01 Å². The summed E-state index contributed by atoms with van der Waals surface area (Å²) >= 11 is 1.14. The second-order valence-electron chi connectivity index (χ2n) is 6.89. The molecule has 2 heterocycles. The van der Waals surface area contributed by atoms with Gasteiger partial charge in [-0.3, -0.25) is 24.3 Å². The zero-order chi connectivity index (χ0) is 19.9. The van der Waals surface area contributed by atoms with E-state index in [9.17, 15) is 9.59 Å². The second kappa shape index (κ2) is 9.70. The third kappa shape index (κ3) is 5.80. The highest BCUT2D eigenvalue weighted by atomic mass is 32.2. The molecule has 0 spiro atoms. The molecule has 1 atom stereocenters. The number of nitrogens with one attached hydrogen (secondary N) is 1. The van der Waals surface area contributed by atoms with Crippen molar-refractivity contribution < 1.29 is 18.9 Å². The third-order valence-corrected chi connectivity index (χ3v) is 5.65. The lowest BCUT2D eigenvalue weighted by molar-refractivity contribution is -0.759. The molecule has 0 saturated carbocycles. The van der Waals surface area contributed by atoms with Crippen LogP contribution in [0.2, 0.25) is 0 Å². The van der Waals surface area contributed by atoms with Crippen LogP contribution in [0.4, 0.5) is 5.88 Å². The van der Waals surface area contributed by atoms with Crippen molar-refractivity contribution in [2.45, 2.75) is 20.4 Å². The Morgan fingerprint density at radius 3 is 2.64 bits per heavy atom. The quantitative estimate of drug-likeness (QED) is 0.696. The number of rotatable bonds is 7. The number of benzene rings is 1. The average molecular weight is 405 g/mol. The molecule has 0 bridgehead atoms. The maximum Gasteiger partial charge on any atom is 0.305 e. The minimum atomic E-state index is -0.297. The van der Waals surface area contributed by atoms with Crippen LogP contribution in [0.5, 0.6) is 0 Å². The number of anilines is 1. The van der Waals surface area contributed by atoms with Crippen LogP contribution in [-0.4, -0.2) is 53.1 Å². The first-order chi connectivity index (χ1) is 13.5. The van der Waals surface area contributed by atoms with Crippen molar-refractivity contribution in [3.05, 3.63) is 42.1 Å². The van der Waals surface area contributed by atoms with E-state index in [1.54, 1.807) is 17.9 Å². The summed E-state index contributed by atoms with van der Waals surface area (Å²) in [5, 5.41) is 8.81. The highest BCUT2D eigenvalue weighted by Crippen LogP contribution is 2.12. The van der Waals surface area contributed by atoms with Gasteiger partial charge in [0.1, 0.15) is 0 Å². The van der Waals surface area contributed by atoms with Gasteiger partial charge in [-0.05, 0) is 5.56 Å². The molecule has 9 heteroatoms. The normalized spacial score (nSPS) is 16.0. The molecular formula is C19H26N5O3S+. The van der Waals surface area contributed by atoms with Crippen LogP contribution in [0.3, 0.4) is 0 Å². The van der Waals surface area contributed by atoms with E-state index < -0.39 is 0 Å². The predicted octanol–water partition coefficient (Wildman–Crippen LogP) is 1.27. The van der Waals surface area contributed by atoms with Crippen LogP contribution in [-0.2, 0) is 16.1 Å². The number of piperazine rings is 1. The van der Waals surface area contributed by atoms with Crippen molar-refractivity contribution in [3.63, 3.8) is 0 Å². The largest absolute Gasteiger partial charge is 0.305 e. The van der Waals surface area contributed by atoms with Crippen LogP contribution >= 0.6 is 11.8 Å². The first kappa shape index (κ1) is 20.3. The van der Waals surface area contributed by atoms with Crippen LogP contribution in [0.15, 0.2) is 41.1 Å². The Kier molecular flexibility index (Phi) is 7.05. The van der Waals surface area contributed by atoms with Crippen LogP contribution in [0.25, 0.3) is 0 Å². The van der Waals surface area contributed by atoms with E-state index >= 15 is 0 Å². The molecule has 1 saturated heterocycles. The fourth-order valence-corrected chi connectivity index (χ4v) is 3.57. The number of nitrogens with zero attached hydrogens (tertiary/aromatic N) is 4. The van der Waals surface area contributed by atoms with Gasteiger partial charge in [0.25, 0.3) is 6.20 Å². The van der Waals surface area contributed by atoms with Crippen molar-refractivity contribution >= 4 is 28.7 Å². The topological polar surface area (TPSA) is 82.6 Å². The summed E-state index contributed by atoms with van der Waals surface area (Å²) < 4.78 is 5.24. The van der Waals surface area contributed by atoms with Gasteiger partial charge < -0.3 is 0 Å². The summed E-state index contributed by atoms with van der Waals surface area (Å²) in [6.45, 7) is 7.71. The molecule has 1 aromatic heterocycles. The summed E-state index contributed by atoms with van der Waals surface area (Å²) in [6, 6.07) is 10.4. The molecule has 1 N–H and O–H groups in total. The monoisotopic (exact) mass is 404 g/mol. The van der Waals surface area contributed by atoms with Gasteiger partial charge in [-0.1, -0.05) is 49.0 Å². The maximum atomic E-state index is 12.2. The molecular weight excluding hydrogens is 378 g/mol. The SMILES string of the molecule is CC(=O)SC[C@@H](C)C(=O)Nc1c[n+](N2CCN(Cc3ccccc3)CC2)no1. The number of hydrogen-bond acceptors (Lipinski definition) is 7. The molecule has 1 aromatic carbocycles. The molecule has 28 heavy (non-hydrogen) atoms. The summed E-state index contributed by atoms with van der Waals surface area (Å²) in [6.07, 6.45) is 1.68. The highest BCUT2D eigenvalue weighted by molar-refractivity contribution is 8.13. The van der Waals surface area contributed by atoms with E-state index in [1.807, 2.05) is 6.07 Å². The summed E-state index contributed by atoms with van der Waals surface area (Å²) in [4.78, 5) is 27.2. The van der Waals surface area contributed by atoms with Crippen LogP contribution in [0.1, 0.15) is 19.4 Å². The number of aromatic nitrogens is 2. The standard InChI is InChI=1S/C19H25N5O3S/c1-15(14-28-16(2)25)19(26)20-18-13-24(21-27-18)23-10-8-22(9-11-23)12-17-6-4-3-5-7-17/h3-7,13,15H,8-12,14H2,1-2H3/p+1/t15-/m1/s1. The minimum absolute atomic E-state index is 0.00330. The third-order valence-electron chi connectivity index (χ3n) is 4.57. The molecule has 8 nitrogen and oxygen atoms in total. The van der Waals surface area contributed by atoms with Gasteiger partial charge in [0.15, 0.2) is 5.12 Å². The number of thioether (sulfide) groups is 1. The van der Waals surface area contributed by atoms with Crippen molar-refractivity contribution in [1.29, 1.82) is 0 Å². The van der Waals surface area contributed by atoms with Crippen LogP contribution < -0.4 is 15.1 Å². The van der Waals surface area contributed by atoms with Gasteiger partial charge in [0.05, 0.1) is 17.9 Å².